The Balaban J connectivity index is 0.000000308. The average Bonchev–Trinajstić information content (AvgIpc) is 0.885. The predicted octanol–water partition coefficient (Wildman–Crippen LogP) is 1.18. The molecule has 19 N–H and O–H groups in total. The summed E-state index contributed by atoms with van der Waals surface area (Å²) in [6.45, 7) is 14.8. The lowest BCUT2D eigenvalue weighted by Gasteiger charge is -2.38. The van der Waals surface area contributed by atoms with Crippen molar-refractivity contribution in [2.75, 3.05) is 91.8 Å². The Morgan fingerprint density at radius 2 is 0.812 bits per heavy atom. The number of halogens is 11. The molecule has 2 aromatic carbocycles. The minimum atomic E-state index is -2.62. The second kappa shape index (κ2) is 47.3. The molecule has 0 aliphatic carbocycles. The number of aliphatic hydroxyl groups is 15. The van der Waals surface area contributed by atoms with Crippen molar-refractivity contribution in [2.24, 2.45) is 41.4 Å². The van der Waals surface area contributed by atoms with Crippen LogP contribution < -0.4 is 21.3 Å². The molecule has 0 saturated carbocycles. The summed E-state index contributed by atoms with van der Waals surface area (Å²) < 4.78 is 138. The van der Waals surface area contributed by atoms with E-state index in [4.69, 9.17) is 10.2 Å². The maximum atomic E-state index is 12.8. The van der Waals surface area contributed by atoms with E-state index in [1.807, 2.05) is 74.5 Å². The summed E-state index contributed by atoms with van der Waals surface area (Å²) in [6.07, 6.45) is -23.8. The molecule has 7 aliphatic rings. The lowest BCUT2D eigenvalue weighted by Crippen LogP contribution is -2.58. The van der Waals surface area contributed by atoms with Gasteiger partial charge in [0.25, 0.3) is 0 Å². The van der Waals surface area contributed by atoms with E-state index < -0.39 is 178 Å². The fourth-order valence-electron chi connectivity index (χ4n) is 13.3. The number of benzene rings is 2. The molecule has 7 fully saturated rings. The zero-order valence-corrected chi connectivity index (χ0v) is 57.7. The number of nitrogens with one attached hydrogen (secondary N) is 4. The fourth-order valence-corrected chi connectivity index (χ4v) is 13.3. The summed E-state index contributed by atoms with van der Waals surface area (Å²) in [5, 5.41) is 153. The molecular weight excluding hydrogens is 1360 g/mol. The quantitative estimate of drug-likeness (QED) is 0.0736. The van der Waals surface area contributed by atoms with E-state index in [1.165, 1.54) is 0 Å². The van der Waals surface area contributed by atoms with Crippen molar-refractivity contribution in [3.63, 3.8) is 0 Å². The number of likely N-dealkylation sites (tertiary alicyclic amines) is 3. The minimum Gasteiger partial charge on any atom is -0.390 e. The van der Waals surface area contributed by atoms with Gasteiger partial charge in [-0.15, -0.1) is 6.58 Å². The summed E-state index contributed by atoms with van der Waals surface area (Å²) in [5.74, 6) is -6.62. The lowest BCUT2D eigenvalue weighted by molar-refractivity contribution is -0.118. The van der Waals surface area contributed by atoms with Crippen LogP contribution >= 0.6 is 0 Å². The molecule has 0 bridgehead atoms. The zero-order valence-electron chi connectivity index (χ0n) is 57.7. The van der Waals surface area contributed by atoms with Crippen LogP contribution in [0.3, 0.4) is 0 Å². The Morgan fingerprint density at radius 1 is 0.436 bits per heavy atom. The van der Waals surface area contributed by atoms with Crippen molar-refractivity contribution >= 4 is 0 Å². The van der Waals surface area contributed by atoms with E-state index in [0.29, 0.717) is 58.7 Å². The van der Waals surface area contributed by atoms with Crippen LogP contribution in [0.15, 0.2) is 73.3 Å². The summed E-state index contributed by atoms with van der Waals surface area (Å²) in [5.41, 5.74) is 1.77. The number of rotatable bonds is 18. The van der Waals surface area contributed by atoms with Gasteiger partial charge < -0.3 is 103 Å². The Labute approximate surface area is 584 Å². The number of hydrogen-bond acceptors (Lipinski definition) is 22. The number of hydrogen-bond donors (Lipinski definition) is 19. The summed E-state index contributed by atoms with van der Waals surface area (Å²) >= 11 is 0. The van der Waals surface area contributed by atoms with Gasteiger partial charge in [0.05, 0.1) is 128 Å². The van der Waals surface area contributed by atoms with Crippen molar-refractivity contribution in [2.45, 2.75) is 208 Å². The van der Waals surface area contributed by atoms with Crippen LogP contribution in [0.25, 0.3) is 0 Å². The first kappa shape index (κ1) is 91.7. The van der Waals surface area contributed by atoms with E-state index in [-0.39, 0.29) is 57.8 Å². The molecule has 2 aromatic rings. The minimum absolute atomic E-state index is 0.00611. The molecule has 0 amide bonds. The fraction of sp³-hybridized carbons (Fsp3) is 0.794. The Kier molecular flexibility index (Phi) is 42.9. The molecule has 101 heavy (non-hydrogen) atoms. The van der Waals surface area contributed by atoms with Gasteiger partial charge in [-0.1, -0.05) is 101 Å². The van der Waals surface area contributed by atoms with Crippen molar-refractivity contribution in [1.29, 1.82) is 0 Å². The first-order chi connectivity index (χ1) is 47.7. The summed E-state index contributed by atoms with van der Waals surface area (Å²) in [6, 6.07) is 17.9. The Morgan fingerprint density at radius 3 is 1.22 bits per heavy atom. The largest absolute Gasteiger partial charge is 0.390 e. The van der Waals surface area contributed by atoms with E-state index in [9.17, 15) is 115 Å². The van der Waals surface area contributed by atoms with Gasteiger partial charge in [0, 0.05) is 115 Å². The number of alkyl halides is 11. The van der Waals surface area contributed by atoms with Gasteiger partial charge in [0.1, 0.15) is 0 Å². The van der Waals surface area contributed by atoms with Crippen molar-refractivity contribution in [3.05, 3.63) is 84.4 Å². The predicted molar refractivity (Wildman–Crippen MR) is 355 cm³/mol. The van der Waals surface area contributed by atoms with Crippen molar-refractivity contribution in [1.82, 2.24) is 36.0 Å². The zero-order chi connectivity index (χ0) is 76.0. The SMILES string of the molecule is C=CCN1C[C@@H](O)[C@H](O)[C@@H](C(F)F)C1.CCCCN1C[C@@H](O)[C@H](O)[C@@H](C(F)F)C1.CC[C@@H]1NC[C@@H](O)[C@H](O)[C@H]1C(F)F.CC[C@H]1NC[C@@H](O)[C@H](O)[C@H]1C(F)F.CC[C@H]1NC[C@@H](O)[C@H](O)[C@H]1CF.OC(c1ccccc1)[C@H]1CNC[C@@H](O)[C@@H]1O.O[C@H]1[C@H](O)CN(Cc2ccccc2)C[C@@H]1C(F)F. The van der Waals surface area contributed by atoms with Crippen molar-refractivity contribution < 1.29 is 125 Å². The highest BCUT2D eigenvalue weighted by Crippen LogP contribution is 2.31. The van der Waals surface area contributed by atoms with Crippen LogP contribution in [0.2, 0.25) is 0 Å². The molecule has 7 aliphatic heterocycles. The highest BCUT2D eigenvalue weighted by atomic mass is 19.3. The lowest BCUT2D eigenvalue weighted by atomic mass is 9.85. The third kappa shape index (κ3) is 29.0. The molecule has 0 aromatic heterocycles. The van der Waals surface area contributed by atoms with Crippen molar-refractivity contribution in [3.8, 4) is 0 Å². The van der Waals surface area contributed by atoms with Crippen LogP contribution in [-0.4, -0.2) is 319 Å². The van der Waals surface area contributed by atoms with Crippen LogP contribution in [-0.2, 0) is 6.54 Å². The third-order valence-electron chi connectivity index (χ3n) is 19.5. The van der Waals surface area contributed by atoms with Gasteiger partial charge >= 0.3 is 0 Å². The van der Waals surface area contributed by atoms with E-state index in [0.717, 1.165) is 30.4 Å². The highest BCUT2D eigenvalue weighted by Gasteiger charge is 2.46. The molecule has 588 valence electrons. The number of nitrogens with zero attached hydrogens (tertiary/aromatic N) is 3. The van der Waals surface area contributed by atoms with Gasteiger partial charge in [-0.25, -0.2) is 43.9 Å². The number of aliphatic hydroxyl groups excluding tert-OH is 15. The Bertz CT molecular complexity index is 2440. The maximum Gasteiger partial charge on any atom is 0.245 e. The van der Waals surface area contributed by atoms with Crippen LogP contribution in [0.5, 0.6) is 0 Å². The molecule has 1 unspecified atom stereocenters. The number of unbranched alkanes of at least 4 members (excludes halogenated alkanes) is 1. The van der Waals surface area contributed by atoms with Gasteiger partial charge in [-0.3, -0.25) is 14.2 Å². The van der Waals surface area contributed by atoms with E-state index in [2.05, 4.69) is 27.8 Å². The molecular formula is C68H114F11N7O15. The second-order valence-corrected chi connectivity index (χ2v) is 26.8. The van der Waals surface area contributed by atoms with Crippen LogP contribution in [0, 0.1) is 41.4 Å². The smallest absolute Gasteiger partial charge is 0.245 e. The van der Waals surface area contributed by atoms with Gasteiger partial charge in [-0.2, -0.15) is 0 Å². The van der Waals surface area contributed by atoms with Gasteiger partial charge in [-0.05, 0) is 43.4 Å². The maximum absolute atomic E-state index is 12.8. The topological polar surface area (TPSA) is 361 Å². The van der Waals surface area contributed by atoms with E-state index >= 15 is 0 Å². The monoisotopic (exact) mass is 1480 g/mol. The molecule has 33 heteroatoms. The first-order valence-electron chi connectivity index (χ1n) is 34.7. The van der Waals surface area contributed by atoms with Crippen LogP contribution in [0.1, 0.15) is 77.0 Å². The molecule has 9 rings (SSSR count). The molecule has 22 nitrogen and oxygen atoms in total. The van der Waals surface area contributed by atoms with Crippen LogP contribution in [0.4, 0.5) is 48.3 Å². The van der Waals surface area contributed by atoms with Gasteiger partial charge in [0.2, 0.25) is 32.1 Å². The Hall–Kier alpha value is -3.47. The number of β-amino-alcohol motifs (C(OH)–C–C–N with tert-alkyl or cyclic N) is 7. The second-order valence-electron chi connectivity index (χ2n) is 26.8. The van der Waals surface area contributed by atoms with E-state index in [1.54, 1.807) is 34.6 Å². The molecule has 0 radical (unpaired) electrons. The normalized spacial score (nSPS) is 35.9. The average molecular weight is 1480 g/mol. The molecule has 0 spiro atoms. The highest BCUT2D eigenvalue weighted by molar-refractivity contribution is 5.19. The summed E-state index contributed by atoms with van der Waals surface area (Å²) in [7, 11) is 0. The summed E-state index contributed by atoms with van der Waals surface area (Å²) in [4.78, 5) is 5.21. The molecule has 7 saturated heterocycles. The number of piperidine rings is 7. The van der Waals surface area contributed by atoms with Gasteiger partial charge in [0.15, 0.2) is 0 Å². The standard InChI is InChI=1S/C13H17F2NO2.C12H17NO3.C10H19F2NO2.C9H15F2NO2.2C8H15F2NO2.C8H16FNO2/c14-13(15)10-7-16(8-11(17)12(10)18)6-9-4-2-1-3-5-9;14-10-7-13-6-9(12(10)16)11(15)8-4-2-1-3-5-8;1-2-3-4-13-5-7(10(11)12)9(15)8(14)6-13;1-2-3-12-4-6(9(10)11)8(14)7(13)5-12;2*1-2-4-6(8(9)10)7(13)5(12)3-11-4;1-2-6-5(3-9)8(12)7(11)4-10-6/h1-5,10-13,17-18H,6-8H2;1-5,9-16H,6-7H2;7-10,14-15H,2-6H2,1H3;2,6-9,13-14H,1,3-5H2;2*4-8,11-13H,2-3H2,1H3;5-8,10-12H,2-4H2,1H3/t10-,11+,12+;9-,10-,11?,12-;7-,8+,9+;6-,7+,8+;4-,5+,6-,7-;4-,5-,6+,7+;5-,6+,7+,8+/m0100010/s1. The molecule has 7 heterocycles. The third-order valence-corrected chi connectivity index (χ3v) is 19.5. The molecule has 25 atom stereocenters. The first-order valence-corrected chi connectivity index (χ1v) is 34.7.